The van der Waals surface area contributed by atoms with E-state index in [1.54, 1.807) is 18.3 Å². The summed E-state index contributed by atoms with van der Waals surface area (Å²) in [5, 5.41) is 5.96. The van der Waals surface area contributed by atoms with Gasteiger partial charge in [0.1, 0.15) is 0 Å². The van der Waals surface area contributed by atoms with Gasteiger partial charge in [-0.25, -0.2) is 0 Å². The first-order chi connectivity index (χ1) is 10.7. The van der Waals surface area contributed by atoms with Crippen molar-refractivity contribution in [3.05, 3.63) is 59.7 Å². The second kappa shape index (κ2) is 8.08. The van der Waals surface area contributed by atoms with Gasteiger partial charge >= 0.3 is 0 Å². The zero-order chi connectivity index (χ0) is 15.8. The minimum absolute atomic E-state index is 0.617. The van der Waals surface area contributed by atoms with Crippen LogP contribution < -0.4 is 9.47 Å². The predicted octanol–water partition coefficient (Wildman–Crippen LogP) is 3.21. The Kier molecular flexibility index (Phi) is 5.83. The molecule has 4 heteroatoms. The molecule has 0 aliphatic heterocycles. The van der Waals surface area contributed by atoms with Crippen LogP contribution in [0.15, 0.2) is 53.6 Å². The second-order valence-corrected chi connectivity index (χ2v) is 5.09. The molecule has 22 heavy (non-hydrogen) atoms. The summed E-state index contributed by atoms with van der Waals surface area (Å²) in [6, 6.07) is 16.1. The summed E-state index contributed by atoms with van der Waals surface area (Å²) in [5.41, 5.74) is 2.23. The Morgan fingerprint density at radius 3 is 2.50 bits per heavy atom. The molecule has 0 fully saturated rings. The molecule has 0 aliphatic carbocycles. The summed E-state index contributed by atoms with van der Waals surface area (Å²) >= 11 is 0. The number of ether oxygens (including phenoxy) is 2. The van der Waals surface area contributed by atoms with E-state index in [0.29, 0.717) is 6.61 Å². The van der Waals surface area contributed by atoms with Crippen LogP contribution in [0.2, 0.25) is 0 Å². The molecule has 0 aromatic heterocycles. The average Bonchev–Trinajstić information content (AvgIpc) is 2.54. The average molecular weight is 298 g/mol. The summed E-state index contributed by atoms with van der Waals surface area (Å²) in [4.78, 5) is 0. The molecule has 2 rings (SSSR count). The van der Waals surface area contributed by atoms with E-state index in [0.717, 1.165) is 23.5 Å². The number of methoxy groups -OCH3 is 1. The van der Waals surface area contributed by atoms with Crippen LogP contribution >= 0.6 is 0 Å². The van der Waals surface area contributed by atoms with Gasteiger partial charge in [0.15, 0.2) is 11.5 Å². The number of nitrogens with zero attached hydrogens (tertiary/aromatic N) is 2. The molecule has 2 aromatic carbocycles. The van der Waals surface area contributed by atoms with E-state index in [4.69, 9.17) is 9.47 Å². The van der Waals surface area contributed by atoms with E-state index >= 15 is 0 Å². The van der Waals surface area contributed by atoms with Gasteiger partial charge in [0.05, 0.1) is 19.9 Å². The van der Waals surface area contributed by atoms with Crippen LogP contribution in [-0.2, 0) is 6.42 Å². The largest absolute Gasteiger partial charge is 0.493 e. The lowest BCUT2D eigenvalue weighted by Crippen LogP contribution is -2.04. The third-order valence-electron chi connectivity index (χ3n) is 3.12. The highest BCUT2D eigenvalue weighted by Gasteiger charge is 2.05. The third-order valence-corrected chi connectivity index (χ3v) is 3.12. The third kappa shape index (κ3) is 4.81. The molecule has 0 atom stereocenters. The minimum Gasteiger partial charge on any atom is -0.493 e. The van der Waals surface area contributed by atoms with E-state index < -0.39 is 0 Å². The molecule has 0 unspecified atom stereocenters. The minimum atomic E-state index is 0.617. The maximum atomic E-state index is 5.83. The van der Waals surface area contributed by atoms with Crippen molar-refractivity contribution in [1.29, 1.82) is 0 Å². The molecule has 0 aliphatic rings. The van der Waals surface area contributed by atoms with Crippen LogP contribution in [0.4, 0.5) is 0 Å². The zero-order valence-corrected chi connectivity index (χ0v) is 13.3. The topological polar surface area (TPSA) is 34.1 Å². The van der Waals surface area contributed by atoms with Crippen molar-refractivity contribution < 1.29 is 9.47 Å². The molecule has 0 radical (unpaired) electrons. The highest BCUT2D eigenvalue weighted by Crippen LogP contribution is 2.27. The van der Waals surface area contributed by atoms with Crippen molar-refractivity contribution in [2.45, 2.75) is 6.42 Å². The van der Waals surface area contributed by atoms with Crippen LogP contribution in [0.1, 0.15) is 11.1 Å². The van der Waals surface area contributed by atoms with Crippen molar-refractivity contribution in [2.75, 3.05) is 27.8 Å². The van der Waals surface area contributed by atoms with E-state index in [-0.39, 0.29) is 0 Å². The van der Waals surface area contributed by atoms with E-state index in [1.807, 2.05) is 50.5 Å². The molecule has 0 saturated heterocycles. The van der Waals surface area contributed by atoms with Gasteiger partial charge in [-0.1, -0.05) is 30.3 Å². The number of hydrazone groups is 1. The molecule has 0 saturated carbocycles. The summed E-state index contributed by atoms with van der Waals surface area (Å²) < 4.78 is 11.2. The normalized spacial score (nSPS) is 10.7. The summed E-state index contributed by atoms with van der Waals surface area (Å²) in [5.74, 6) is 1.47. The lowest BCUT2D eigenvalue weighted by atomic mass is 10.2. The maximum Gasteiger partial charge on any atom is 0.161 e. The first-order valence-electron chi connectivity index (χ1n) is 7.25. The molecule has 0 bridgehead atoms. The summed E-state index contributed by atoms with van der Waals surface area (Å²) in [6.45, 7) is 0.617. The van der Waals surface area contributed by atoms with Gasteiger partial charge in [-0.3, -0.25) is 0 Å². The highest BCUT2D eigenvalue weighted by molar-refractivity contribution is 5.80. The fourth-order valence-corrected chi connectivity index (χ4v) is 1.99. The van der Waals surface area contributed by atoms with Crippen molar-refractivity contribution in [3.8, 4) is 11.5 Å². The number of rotatable bonds is 7. The van der Waals surface area contributed by atoms with Crippen LogP contribution in [0.5, 0.6) is 11.5 Å². The van der Waals surface area contributed by atoms with Gasteiger partial charge in [-0.2, -0.15) is 5.10 Å². The Labute approximate surface area is 132 Å². The molecule has 4 nitrogen and oxygen atoms in total. The van der Waals surface area contributed by atoms with E-state index in [1.165, 1.54) is 5.56 Å². The van der Waals surface area contributed by atoms with Crippen molar-refractivity contribution in [2.24, 2.45) is 5.10 Å². The molecule has 116 valence electrons. The second-order valence-electron chi connectivity index (χ2n) is 5.09. The van der Waals surface area contributed by atoms with Gasteiger partial charge in [-0.15, -0.1) is 0 Å². The molecule has 2 aromatic rings. The maximum absolute atomic E-state index is 5.83. The Balaban J connectivity index is 1.98. The monoisotopic (exact) mass is 298 g/mol. The predicted molar refractivity (Wildman–Crippen MR) is 89.9 cm³/mol. The Morgan fingerprint density at radius 2 is 1.82 bits per heavy atom. The number of hydrogen-bond acceptors (Lipinski definition) is 4. The van der Waals surface area contributed by atoms with Gasteiger partial charge in [0, 0.05) is 20.5 Å². The first-order valence-corrected chi connectivity index (χ1v) is 7.25. The van der Waals surface area contributed by atoms with Crippen LogP contribution in [-0.4, -0.2) is 39.0 Å². The molecule has 0 heterocycles. The SMILES string of the molecule is COc1cc(/C=N/N(C)C)ccc1OCCc1ccccc1. The van der Waals surface area contributed by atoms with Crippen molar-refractivity contribution >= 4 is 6.21 Å². The molecule has 0 spiro atoms. The fourth-order valence-electron chi connectivity index (χ4n) is 1.99. The molecular formula is C18H22N2O2. The van der Waals surface area contributed by atoms with Crippen LogP contribution in [0, 0.1) is 0 Å². The lowest BCUT2D eigenvalue weighted by Gasteiger charge is -2.11. The fraction of sp³-hybridized carbons (Fsp3) is 0.278. The lowest BCUT2D eigenvalue weighted by molar-refractivity contribution is 0.297. The molecule has 0 N–H and O–H groups in total. The van der Waals surface area contributed by atoms with Crippen molar-refractivity contribution in [1.82, 2.24) is 5.01 Å². The van der Waals surface area contributed by atoms with E-state index in [9.17, 15) is 0 Å². The van der Waals surface area contributed by atoms with Crippen molar-refractivity contribution in [3.63, 3.8) is 0 Å². The first kappa shape index (κ1) is 15.9. The highest BCUT2D eigenvalue weighted by atomic mass is 16.5. The summed E-state index contributed by atoms with van der Waals surface area (Å²) in [7, 11) is 5.41. The standard InChI is InChI=1S/C18H22N2O2/c1-20(2)19-14-16-9-10-17(18(13-16)21-3)22-12-11-15-7-5-4-6-8-15/h4-10,13-14H,11-12H2,1-3H3/b19-14+. The number of hydrogen-bond donors (Lipinski definition) is 0. The van der Waals surface area contributed by atoms with Gasteiger partial charge in [0.25, 0.3) is 0 Å². The van der Waals surface area contributed by atoms with Crippen LogP contribution in [0.3, 0.4) is 0 Å². The van der Waals surface area contributed by atoms with Gasteiger partial charge < -0.3 is 14.5 Å². The Hall–Kier alpha value is -2.49. The zero-order valence-electron chi connectivity index (χ0n) is 13.3. The Bertz CT molecular complexity index is 610. The van der Waals surface area contributed by atoms with Gasteiger partial charge in [-0.05, 0) is 29.3 Å². The smallest absolute Gasteiger partial charge is 0.161 e. The quantitative estimate of drug-likeness (QED) is 0.581. The Morgan fingerprint density at radius 1 is 1.05 bits per heavy atom. The van der Waals surface area contributed by atoms with Gasteiger partial charge in [0.2, 0.25) is 0 Å². The molecular weight excluding hydrogens is 276 g/mol. The van der Waals surface area contributed by atoms with Crippen LogP contribution in [0.25, 0.3) is 0 Å². The molecule has 0 amide bonds. The number of benzene rings is 2. The summed E-state index contributed by atoms with van der Waals surface area (Å²) in [6.07, 6.45) is 2.66. The van der Waals surface area contributed by atoms with E-state index in [2.05, 4.69) is 17.2 Å².